The molecule has 2 aromatic rings. The summed E-state index contributed by atoms with van der Waals surface area (Å²) in [4.78, 5) is 23.8. The van der Waals surface area contributed by atoms with E-state index in [-0.39, 0.29) is 22.0 Å². The average molecular weight is 368 g/mol. The van der Waals surface area contributed by atoms with Crippen LogP contribution in [-0.2, 0) is 19.6 Å². The molecule has 24 heavy (non-hydrogen) atoms. The Morgan fingerprint density at radius 2 is 1.92 bits per heavy atom. The fourth-order valence-corrected chi connectivity index (χ4v) is 4.25. The molecule has 0 aliphatic heterocycles. The van der Waals surface area contributed by atoms with Gasteiger partial charge in [-0.15, -0.1) is 11.3 Å². The van der Waals surface area contributed by atoms with Crippen LogP contribution in [0.25, 0.3) is 0 Å². The summed E-state index contributed by atoms with van der Waals surface area (Å²) >= 11 is 1.08. The Morgan fingerprint density at radius 1 is 1.21 bits per heavy atom. The number of rotatable bonds is 6. The fourth-order valence-electron chi connectivity index (χ4n) is 1.92. The summed E-state index contributed by atoms with van der Waals surface area (Å²) in [7, 11) is -1.16. The summed E-state index contributed by atoms with van der Waals surface area (Å²) in [6.45, 7) is -0.379. The number of carbonyl (C=O) groups is 2. The van der Waals surface area contributed by atoms with Gasteiger partial charge in [-0.05, 0) is 23.6 Å². The number of hydrogen-bond acceptors (Lipinski definition) is 6. The van der Waals surface area contributed by atoms with E-state index in [0.717, 1.165) is 15.6 Å². The summed E-state index contributed by atoms with van der Waals surface area (Å²) in [6, 6.07) is 9.42. The number of carbonyl (C=O) groups excluding carboxylic acids is 2. The number of methoxy groups -OCH3 is 1. The molecule has 1 aromatic heterocycles. The number of nitrogens with zero attached hydrogens (tertiary/aromatic N) is 1. The first-order valence-electron chi connectivity index (χ1n) is 6.83. The fraction of sp³-hybridized carbons (Fsp3) is 0.200. The number of anilines is 1. The van der Waals surface area contributed by atoms with Gasteiger partial charge < -0.3 is 10.1 Å². The van der Waals surface area contributed by atoms with E-state index in [1.165, 1.54) is 32.4 Å². The van der Waals surface area contributed by atoms with Crippen molar-refractivity contribution in [1.29, 1.82) is 0 Å². The van der Waals surface area contributed by atoms with Crippen LogP contribution in [0, 0.1) is 0 Å². The second kappa shape index (κ2) is 7.56. The van der Waals surface area contributed by atoms with Crippen molar-refractivity contribution in [3.05, 3.63) is 47.3 Å². The largest absolute Gasteiger partial charge is 0.465 e. The predicted octanol–water partition coefficient (Wildman–Crippen LogP) is 1.79. The van der Waals surface area contributed by atoms with Gasteiger partial charge in [-0.25, -0.2) is 13.2 Å². The lowest BCUT2D eigenvalue weighted by Crippen LogP contribution is -2.34. The van der Waals surface area contributed by atoms with Crippen LogP contribution in [-0.4, -0.2) is 45.3 Å². The van der Waals surface area contributed by atoms with Gasteiger partial charge in [0.05, 0.1) is 24.9 Å². The molecule has 0 unspecified atom stereocenters. The van der Waals surface area contributed by atoms with E-state index in [1.807, 2.05) is 0 Å². The zero-order valence-corrected chi connectivity index (χ0v) is 14.7. The Balaban J connectivity index is 2.11. The quantitative estimate of drug-likeness (QED) is 0.785. The zero-order valence-electron chi connectivity index (χ0n) is 13.1. The monoisotopic (exact) mass is 368 g/mol. The number of amides is 1. The predicted molar refractivity (Wildman–Crippen MR) is 90.5 cm³/mol. The average Bonchev–Trinajstić information content (AvgIpc) is 3.09. The van der Waals surface area contributed by atoms with Gasteiger partial charge in [0.25, 0.3) is 10.0 Å². The molecule has 2 rings (SSSR count). The SMILES string of the molecule is COC(=O)c1ccccc1NC(=O)CN(C)S(=O)(=O)c1cccs1. The van der Waals surface area contributed by atoms with E-state index in [0.29, 0.717) is 0 Å². The number of hydrogen-bond donors (Lipinski definition) is 1. The third-order valence-electron chi connectivity index (χ3n) is 3.13. The van der Waals surface area contributed by atoms with Crippen LogP contribution in [0.4, 0.5) is 5.69 Å². The lowest BCUT2D eigenvalue weighted by atomic mass is 10.2. The first kappa shape index (κ1) is 18.1. The molecule has 0 spiro atoms. The van der Waals surface area contributed by atoms with Crippen LogP contribution < -0.4 is 5.32 Å². The van der Waals surface area contributed by atoms with Crippen molar-refractivity contribution < 1.29 is 22.7 Å². The van der Waals surface area contributed by atoms with Crippen LogP contribution >= 0.6 is 11.3 Å². The minimum atomic E-state index is -3.71. The maximum atomic E-state index is 12.3. The van der Waals surface area contributed by atoms with E-state index >= 15 is 0 Å². The molecule has 7 nitrogen and oxygen atoms in total. The van der Waals surface area contributed by atoms with Crippen molar-refractivity contribution in [3.8, 4) is 0 Å². The first-order chi connectivity index (χ1) is 11.4. The van der Waals surface area contributed by atoms with Crippen LogP contribution in [0.5, 0.6) is 0 Å². The molecule has 0 atom stereocenters. The van der Waals surface area contributed by atoms with E-state index < -0.39 is 21.9 Å². The van der Waals surface area contributed by atoms with Crippen molar-refractivity contribution >= 4 is 38.9 Å². The van der Waals surface area contributed by atoms with Crippen molar-refractivity contribution in [3.63, 3.8) is 0 Å². The molecular formula is C15H16N2O5S2. The molecule has 0 saturated carbocycles. The first-order valence-corrected chi connectivity index (χ1v) is 9.15. The summed E-state index contributed by atoms with van der Waals surface area (Å²) < 4.78 is 30.3. The number of sulfonamides is 1. The second-order valence-corrected chi connectivity index (χ2v) is 8.00. The highest BCUT2D eigenvalue weighted by molar-refractivity contribution is 7.91. The summed E-state index contributed by atoms with van der Waals surface area (Å²) in [5, 5.41) is 4.18. The molecule has 1 aromatic carbocycles. The summed E-state index contributed by atoms with van der Waals surface area (Å²) in [5.74, 6) is -1.15. The van der Waals surface area contributed by atoms with Crippen LogP contribution in [0.15, 0.2) is 46.0 Å². The van der Waals surface area contributed by atoms with E-state index in [4.69, 9.17) is 0 Å². The van der Waals surface area contributed by atoms with Crippen molar-refractivity contribution in [2.45, 2.75) is 4.21 Å². The van der Waals surface area contributed by atoms with Gasteiger partial charge >= 0.3 is 5.97 Å². The number of likely N-dealkylation sites (N-methyl/N-ethyl adjacent to an activating group) is 1. The van der Waals surface area contributed by atoms with Crippen LogP contribution in [0.1, 0.15) is 10.4 Å². The van der Waals surface area contributed by atoms with Crippen LogP contribution in [0.3, 0.4) is 0 Å². The number of esters is 1. The third-order valence-corrected chi connectivity index (χ3v) is 6.31. The smallest absolute Gasteiger partial charge is 0.339 e. The Bertz CT molecular complexity index is 831. The number of nitrogens with one attached hydrogen (secondary N) is 1. The normalized spacial score (nSPS) is 11.3. The Kier molecular flexibility index (Phi) is 5.71. The Morgan fingerprint density at radius 3 is 2.54 bits per heavy atom. The molecule has 0 aliphatic carbocycles. The van der Waals surface area contributed by atoms with Gasteiger partial charge in [0.2, 0.25) is 5.91 Å². The topological polar surface area (TPSA) is 92.8 Å². The number of benzene rings is 1. The Labute approximate surface area is 143 Å². The van der Waals surface area contributed by atoms with Crippen molar-refractivity contribution in [2.24, 2.45) is 0 Å². The maximum absolute atomic E-state index is 12.3. The minimum Gasteiger partial charge on any atom is -0.465 e. The van der Waals surface area contributed by atoms with Gasteiger partial charge in [-0.1, -0.05) is 18.2 Å². The maximum Gasteiger partial charge on any atom is 0.339 e. The third kappa shape index (κ3) is 3.99. The number of para-hydroxylation sites is 1. The van der Waals surface area contributed by atoms with Crippen molar-refractivity contribution in [1.82, 2.24) is 4.31 Å². The molecule has 128 valence electrons. The van der Waals surface area contributed by atoms with Crippen molar-refractivity contribution in [2.75, 3.05) is 26.0 Å². The number of ether oxygens (including phenoxy) is 1. The lowest BCUT2D eigenvalue weighted by Gasteiger charge is -2.16. The van der Waals surface area contributed by atoms with Gasteiger partial charge in [-0.2, -0.15) is 4.31 Å². The molecular weight excluding hydrogens is 352 g/mol. The molecule has 1 N–H and O–H groups in total. The van der Waals surface area contributed by atoms with Gasteiger partial charge in [0.1, 0.15) is 4.21 Å². The summed E-state index contributed by atoms with van der Waals surface area (Å²) in [6.07, 6.45) is 0. The molecule has 0 saturated heterocycles. The standard InChI is InChI=1S/C15H16N2O5S2/c1-17(24(20,21)14-8-5-9-23-14)10-13(18)16-12-7-4-3-6-11(12)15(19)22-2/h3-9H,10H2,1-2H3,(H,16,18). The molecule has 1 heterocycles. The second-order valence-electron chi connectivity index (χ2n) is 4.78. The molecule has 0 radical (unpaired) electrons. The lowest BCUT2D eigenvalue weighted by molar-refractivity contribution is -0.116. The van der Waals surface area contributed by atoms with Gasteiger partial charge in [0, 0.05) is 7.05 Å². The Hall–Kier alpha value is -2.23. The minimum absolute atomic E-state index is 0.160. The molecule has 0 bridgehead atoms. The van der Waals surface area contributed by atoms with E-state index in [2.05, 4.69) is 10.1 Å². The summed E-state index contributed by atoms with van der Waals surface area (Å²) in [5.41, 5.74) is 0.452. The van der Waals surface area contributed by atoms with Gasteiger partial charge in [-0.3, -0.25) is 4.79 Å². The molecule has 0 aliphatic rings. The highest BCUT2D eigenvalue weighted by atomic mass is 32.2. The van der Waals surface area contributed by atoms with E-state index in [1.54, 1.807) is 23.6 Å². The number of thiophene rings is 1. The molecule has 1 amide bonds. The highest BCUT2D eigenvalue weighted by Crippen LogP contribution is 2.20. The molecule has 9 heteroatoms. The molecule has 0 fully saturated rings. The zero-order chi connectivity index (χ0) is 17.7. The van der Waals surface area contributed by atoms with Gasteiger partial charge in [0.15, 0.2) is 0 Å². The highest BCUT2D eigenvalue weighted by Gasteiger charge is 2.24. The van der Waals surface area contributed by atoms with E-state index in [9.17, 15) is 18.0 Å². The van der Waals surface area contributed by atoms with Crippen LogP contribution in [0.2, 0.25) is 0 Å².